The molecule has 0 aliphatic heterocycles. The summed E-state index contributed by atoms with van der Waals surface area (Å²) in [4.78, 5) is 24.9. The van der Waals surface area contributed by atoms with Gasteiger partial charge in [0.15, 0.2) is 5.78 Å². The maximum Gasteiger partial charge on any atom is 0.163 e. The Bertz CT molecular complexity index is 709. The third kappa shape index (κ3) is 3.53. The normalized spacial score (nSPS) is 18.8. The second-order valence-electron chi connectivity index (χ2n) is 6.09. The van der Waals surface area contributed by atoms with Gasteiger partial charge in [0, 0.05) is 35.3 Å². The Morgan fingerprint density at radius 3 is 2.43 bits per heavy atom. The summed E-state index contributed by atoms with van der Waals surface area (Å²) in [5, 5.41) is 0.637. The van der Waals surface area contributed by atoms with Crippen molar-refractivity contribution >= 4 is 23.2 Å². The smallest absolute Gasteiger partial charge is 0.163 e. The lowest BCUT2D eigenvalue weighted by Gasteiger charge is -2.23. The van der Waals surface area contributed by atoms with Crippen LogP contribution in [-0.4, -0.2) is 11.6 Å². The molecule has 0 radical (unpaired) electrons. The number of Topliss-reactive ketones (excluding diaryl/α,β-unsaturated/α-hetero) is 2. The average Bonchev–Trinajstić information content (AvgIpc) is 3.00. The van der Waals surface area contributed by atoms with E-state index in [0.29, 0.717) is 23.4 Å². The molecule has 0 heterocycles. The van der Waals surface area contributed by atoms with E-state index >= 15 is 0 Å². The van der Waals surface area contributed by atoms with E-state index in [1.54, 1.807) is 0 Å². The van der Waals surface area contributed by atoms with Crippen LogP contribution in [0, 0.1) is 5.92 Å². The fraction of sp³-hybridized carbons (Fsp3) is 0.300. The molecule has 0 aromatic heterocycles. The number of benzene rings is 2. The molecule has 0 spiro atoms. The number of carbonyl (C=O) groups excluding carboxylic acids is 2. The van der Waals surface area contributed by atoms with Crippen LogP contribution in [-0.2, 0) is 4.79 Å². The molecule has 118 valence electrons. The van der Waals surface area contributed by atoms with Crippen molar-refractivity contribution in [2.24, 2.45) is 5.92 Å². The van der Waals surface area contributed by atoms with E-state index in [-0.39, 0.29) is 23.4 Å². The summed E-state index contributed by atoms with van der Waals surface area (Å²) < 4.78 is 0. The summed E-state index contributed by atoms with van der Waals surface area (Å²) in [6, 6.07) is 16.8. The molecule has 2 aromatic carbocycles. The number of halogens is 1. The van der Waals surface area contributed by atoms with Gasteiger partial charge in [0.05, 0.1) is 0 Å². The Kier molecular flexibility index (Phi) is 4.92. The lowest BCUT2D eigenvalue weighted by molar-refractivity contribution is -0.121. The highest BCUT2D eigenvalue weighted by atomic mass is 35.5. The fourth-order valence-corrected chi connectivity index (χ4v) is 3.73. The molecular weight excluding hydrogens is 308 g/mol. The Balaban J connectivity index is 1.91. The zero-order valence-electron chi connectivity index (χ0n) is 12.9. The largest absolute Gasteiger partial charge is 0.299 e. The van der Waals surface area contributed by atoms with Crippen LogP contribution in [0.3, 0.4) is 0 Å². The fourth-order valence-electron chi connectivity index (χ4n) is 3.45. The Morgan fingerprint density at radius 2 is 1.78 bits per heavy atom. The first-order chi connectivity index (χ1) is 11.2. The first kappa shape index (κ1) is 15.9. The SMILES string of the molecule is O=C(C[C@@H](c1ccccc1Cl)[C@@H]1CCCC1=O)c1ccccc1. The highest BCUT2D eigenvalue weighted by Gasteiger charge is 2.35. The van der Waals surface area contributed by atoms with Gasteiger partial charge in [-0.15, -0.1) is 0 Å². The Labute approximate surface area is 141 Å². The van der Waals surface area contributed by atoms with Gasteiger partial charge in [0.25, 0.3) is 0 Å². The molecule has 3 heteroatoms. The summed E-state index contributed by atoms with van der Waals surface area (Å²) >= 11 is 6.35. The molecule has 3 rings (SSSR count). The first-order valence-corrected chi connectivity index (χ1v) is 8.40. The molecule has 1 saturated carbocycles. The van der Waals surface area contributed by atoms with E-state index in [2.05, 4.69) is 0 Å². The van der Waals surface area contributed by atoms with Crippen molar-refractivity contribution < 1.29 is 9.59 Å². The zero-order chi connectivity index (χ0) is 16.2. The minimum Gasteiger partial charge on any atom is -0.299 e. The number of hydrogen-bond donors (Lipinski definition) is 0. The van der Waals surface area contributed by atoms with E-state index in [4.69, 9.17) is 11.6 Å². The van der Waals surface area contributed by atoms with Crippen molar-refractivity contribution in [3.8, 4) is 0 Å². The summed E-state index contributed by atoms with van der Waals surface area (Å²) in [6.45, 7) is 0. The van der Waals surface area contributed by atoms with E-state index in [1.165, 1.54) is 0 Å². The quantitative estimate of drug-likeness (QED) is 0.719. The predicted molar refractivity (Wildman–Crippen MR) is 91.9 cm³/mol. The maximum absolute atomic E-state index is 12.6. The molecule has 1 aliphatic carbocycles. The van der Waals surface area contributed by atoms with Crippen LogP contribution in [0.1, 0.15) is 47.5 Å². The van der Waals surface area contributed by atoms with Gasteiger partial charge < -0.3 is 0 Å². The molecule has 1 fully saturated rings. The highest BCUT2D eigenvalue weighted by molar-refractivity contribution is 6.31. The minimum atomic E-state index is -0.133. The molecule has 2 aromatic rings. The van der Waals surface area contributed by atoms with Crippen molar-refractivity contribution in [2.45, 2.75) is 31.6 Å². The highest BCUT2D eigenvalue weighted by Crippen LogP contribution is 2.40. The van der Waals surface area contributed by atoms with Crippen molar-refractivity contribution in [1.29, 1.82) is 0 Å². The van der Waals surface area contributed by atoms with E-state index in [9.17, 15) is 9.59 Å². The van der Waals surface area contributed by atoms with Gasteiger partial charge in [-0.2, -0.15) is 0 Å². The van der Waals surface area contributed by atoms with E-state index < -0.39 is 0 Å². The number of ketones is 2. The van der Waals surface area contributed by atoms with Gasteiger partial charge in [-0.05, 0) is 24.5 Å². The summed E-state index contributed by atoms with van der Waals surface area (Å²) in [5.74, 6) is 0.0972. The topological polar surface area (TPSA) is 34.1 Å². The number of carbonyl (C=O) groups is 2. The Morgan fingerprint density at radius 1 is 1.09 bits per heavy atom. The van der Waals surface area contributed by atoms with Crippen molar-refractivity contribution in [1.82, 2.24) is 0 Å². The molecule has 1 aliphatic rings. The maximum atomic E-state index is 12.6. The second kappa shape index (κ2) is 7.10. The minimum absolute atomic E-state index is 0.0650. The third-order valence-corrected chi connectivity index (χ3v) is 4.99. The van der Waals surface area contributed by atoms with Crippen LogP contribution in [0.5, 0.6) is 0 Å². The monoisotopic (exact) mass is 326 g/mol. The van der Waals surface area contributed by atoms with Gasteiger partial charge in [0.2, 0.25) is 0 Å². The summed E-state index contributed by atoms with van der Waals surface area (Å²) in [7, 11) is 0. The molecule has 0 unspecified atom stereocenters. The van der Waals surface area contributed by atoms with Gasteiger partial charge in [-0.3, -0.25) is 9.59 Å². The summed E-state index contributed by atoms with van der Waals surface area (Å²) in [5.41, 5.74) is 1.61. The van der Waals surface area contributed by atoms with Crippen LogP contribution in [0.4, 0.5) is 0 Å². The molecule has 0 saturated heterocycles. The summed E-state index contributed by atoms with van der Waals surface area (Å²) in [6.07, 6.45) is 2.69. The second-order valence-corrected chi connectivity index (χ2v) is 6.49. The molecular formula is C20H19ClO2. The van der Waals surface area contributed by atoms with E-state index in [0.717, 1.165) is 18.4 Å². The van der Waals surface area contributed by atoms with Gasteiger partial charge in [-0.25, -0.2) is 0 Å². The van der Waals surface area contributed by atoms with Gasteiger partial charge >= 0.3 is 0 Å². The Hall–Kier alpha value is -1.93. The molecule has 0 amide bonds. The molecule has 0 N–H and O–H groups in total. The molecule has 2 atom stereocenters. The average molecular weight is 327 g/mol. The number of rotatable bonds is 5. The van der Waals surface area contributed by atoms with Crippen LogP contribution in [0.2, 0.25) is 5.02 Å². The van der Waals surface area contributed by atoms with E-state index in [1.807, 2.05) is 54.6 Å². The molecule has 2 nitrogen and oxygen atoms in total. The van der Waals surface area contributed by atoms with Crippen LogP contribution < -0.4 is 0 Å². The van der Waals surface area contributed by atoms with Gasteiger partial charge in [-0.1, -0.05) is 60.1 Å². The van der Waals surface area contributed by atoms with Gasteiger partial charge in [0.1, 0.15) is 5.78 Å². The standard InChI is InChI=1S/C20H19ClO2/c21-18-11-5-4-9-15(18)17(16-10-6-12-19(16)22)13-20(23)14-7-2-1-3-8-14/h1-5,7-9,11,16-17H,6,10,12-13H2/t16-,17-/m0/s1. The third-order valence-electron chi connectivity index (χ3n) is 4.64. The first-order valence-electron chi connectivity index (χ1n) is 8.02. The molecule has 0 bridgehead atoms. The predicted octanol–water partition coefficient (Wildman–Crippen LogP) is 5.07. The van der Waals surface area contributed by atoms with Crippen LogP contribution in [0.25, 0.3) is 0 Å². The van der Waals surface area contributed by atoms with Crippen molar-refractivity contribution in [3.05, 3.63) is 70.7 Å². The van der Waals surface area contributed by atoms with Crippen LogP contribution in [0.15, 0.2) is 54.6 Å². The number of hydrogen-bond acceptors (Lipinski definition) is 2. The van der Waals surface area contributed by atoms with Crippen molar-refractivity contribution in [2.75, 3.05) is 0 Å². The molecule has 23 heavy (non-hydrogen) atoms. The lowest BCUT2D eigenvalue weighted by Crippen LogP contribution is -2.20. The van der Waals surface area contributed by atoms with Crippen molar-refractivity contribution in [3.63, 3.8) is 0 Å². The van der Waals surface area contributed by atoms with Crippen LogP contribution >= 0.6 is 11.6 Å². The lowest BCUT2D eigenvalue weighted by atomic mass is 9.80. The zero-order valence-corrected chi connectivity index (χ0v) is 13.6.